The highest BCUT2D eigenvalue weighted by Crippen LogP contribution is 2.24. The van der Waals surface area contributed by atoms with Gasteiger partial charge in [0.25, 0.3) is 11.8 Å². The third-order valence-corrected chi connectivity index (χ3v) is 5.36. The molecule has 2 N–H and O–H groups in total. The Bertz CT molecular complexity index is 988. The van der Waals surface area contributed by atoms with E-state index in [2.05, 4.69) is 17.2 Å². The quantitative estimate of drug-likeness (QED) is 0.747. The summed E-state index contributed by atoms with van der Waals surface area (Å²) in [6, 6.07) is 9.07. The lowest BCUT2D eigenvalue weighted by molar-refractivity contribution is 0.0647. The van der Waals surface area contributed by atoms with Crippen LogP contribution in [0.4, 0.5) is 0 Å². The number of nitrogens with zero attached hydrogens (tertiary/aromatic N) is 1. The molecule has 6 nitrogen and oxygen atoms in total. The van der Waals surface area contributed by atoms with E-state index in [1.807, 2.05) is 25.1 Å². The zero-order valence-electron chi connectivity index (χ0n) is 15.5. The van der Waals surface area contributed by atoms with E-state index in [-0.39, 0.29) is 17.9 Å². The van der Waals surface area contributed by atoms with E-state index in [4.69, 9.17) is 4.42 Å². The topological polar surface area (TPSA) is 78.3 Å². The van der Waals surface area contributed by atoms with Crippen molar-refractivity contribution >= 4 is 22.7 Å². The number of likely N-dealkylation sites (tertiary alicyclic amines) is 1. The summed E-state index contributed by atoms with van der Waals surface area (Å²) in [4.78, 5) is 30.5. The highest BCUT2D eigenvalue weighted by Gasteiger charge is 2.27. The molecule has 1 aliphatic rings. The molecule has 0 radical (unpaired) electrons. The van der Waals surface area contributed by atoms with Crippen molar-refractivity contribution in [3.63, 3.8) is 0 Å². The molecule has 0 bridgehead atoms. The van der Waals surface area contributed by atoms with Gasteiger partial charge in [0.05, 0.1) is 17.3 Å². The standard InChI is InChI=1S/C21H23N3O3/c1-13-14(2)22-19-16(13)7-3-8-17(19)20(25)23-15-6-4-10-24(12-15)21(26)18-9-5-11-27-18/h3,5,7-9,11,15,22H,4,6,10,12H2,1-2H3,(H,23,25). The fourth-order valence-corrected chi connectivity index (χ4v) is 3.77. The maximum Gasteiger partial charge on any atom is 0.289 e. The molecule has 27 heavy (non-hydrogen) atoms. The number of carbonyl (C=O) groups excluding carboxylic acids is 2. The van der Waals surface area contributed by atoms with E-state index in [0.717, 1.165) is 35.0 Å². The number of benzene rings is 1. The summed E-state index contributed by atoms with van der Waals surface area (Å²) in [6.07, 6.45) is 3.20. The first-order valence-corrected chi connectivity index (χ1v) is 9.26. The van der Waals surface area contributed by atoms with Gasteiger partial charge in [0.15, 0.2) is 5.76 Å². The molecule has 3 aromatic rings. The fraction of sp³-hybridized carbons (Fsp3) is 0.333. The molecule has 1 fully saturated rings. The van der Waals surface area contributed by atoms with E-state index in [1.54, 1.807) is 17.0 Å². The van der Waals surface area contributed by atoms with Crippen molar-refractivity contribution in [3.05, 3.63) is 59.2 Å². The molecule has 4 rings (SSSR count). The van der Waals surface area contributed by atoms with Crippen LogP contribution in [0.5, 0.6) is 0 Å². The Morgan fingerprint density at radius 3 is 2.85 bits per heavy atom. The number of hydrogen-bond acceptors (Lipinski definition) is 3. The maximum atomic E-state index is 12.9. The summed E-state index contributed by atoms with van der Waals surface area (Å²) < 4.78 is 5.21. The van der Waals surface area contributed by atoms with Gasteiger partial charge in [-0.15, -0.1) is 0 Å². The first kappa shape index (κ1) is 17.4. The molecule has 6 heteroatoms. The zero-order chi connectivity index (χ0) is 19.0. The molecular weight excluding hydrogens is 342 g/mol. The molecule has 0 aliphatic carbocycles. The highest BCUT2D eigenvalue weighted by atomic mass is 16.3. The lowest BCUT2D eigenvalue weighted by atomic mass is 10.0. The number of furan rings is 1. The summed E-state index contributed by atoms with van der Waals surface area (Å²) >= 11 is 0. The van der Waals surface area contributed by atoms with Gasteiger partial charge < -0.3 is 19.6 Å². The predicted octanol–water partition coefficient (Wildman–Crippen LogP) is 3.41. The van der Waals surface area contributed by atoms with Gasteiger partial charge in [-0.05, 0) is 50.5 Å². The van der Waals surface area contributed by atoms with Crippen LogP contribution in [0.2, 0.25) is 0 Å². The molecule has 0 saturated carbocycles. The smallest absolute Gasteiger partial charge is 0.289 e. The van der Waals surface area contributed by atoms with Crippen molar-refractivity contribution in [1.29, 1.82) is 0 Å². The van der Waals surface area contributed by atoms with Gasteiger partial charge in [0.1, 0.15) is 0 Å². The second kappa shape index (κ2) is 6.95. The Morgan fingerprint density at radius 1 is 1.22 bits per heavy atom. The van der Waals surface area contributed by atoms with Gasteiger partial charge in [0, 0.05) is 30.2 Å². The largest absolute Gasteiger partial charge is 0.459 e. The van der Waals surface area contributed by atoms with Crippen LogP contribution >= 0.6 is 0 Å². The Kier molecular flexibility index (Phi) is 4.48. The molecular formula is C21H23N3O3. The van der Waals surface area contributed by atoms with E-state index >= 15 is 0 Å². The van der Waals surface area contributed by atoms with Crippen LogP contribution in [-0.2, 0) is 0 Å². The normalized spacial score (nSPS) is 17.3. The number of fused-ring (bicyclic) bond motifs is 1. The predicted molar refractivity (Wildman–Crippen MR) is 103 cm³/mol. The zero-order valence-corrected chi connectivity index (χ0v) is 15.5. The average Bonchev–Trinajstić information content (AvgIpc) is 3.30. The molecule has 1 aliphatic heterocycles. The van der Waals surface area contributed by atoms with Gasteiger partial charge in [-0.2, -0.15) is 0 Å². The van der Waals surface area contributed by atoms with Crippen LogP contribution in [0.3, 0.4) is 0 Å². The number of carbonyl (C=O) groups is 2. The molecule has 1 unspecified atom stereocenters. The van der Waals surface area contributed by atoms with Gasteiger partial charge in [-0.25, -0.2) is 0 Å². The third kappa shape index (κ3) is 3.23. The number of H-pyrrole nitrogens is 1. The molecule has 2 aromatic heterocycles. The first-order chi connectivity index (χ1) is 13.0. The second-order valence-corrected chi connectivity index (χ2v) is 7.14. The Labute approximate surface area is 157 Å². The molecule has 140 valence electrons. The lowest BCUT2D eigenvalue weighted by Crippen LogP contribution is -2.49. The van der Waals surface area contributed by atoms with Gasteiger partial charge in [-0.1, -0.05) is 12.1 Å². The van der Waals surface area contributed by atoms with E-state index in [0.29, 0.717) is 24.4 Å². The van der Waals surface area contributed by atoms with E-state index < -0.39 is 0 Å². The number of para-hydroxylation sites is 1. The maximum absolute atomic E-state index is 12.9. The van der Waals surface area contributed by atoms with Crippen LogP contribution < -0.4 is 5.32 Å². The number of amides is 2. The number of piperidine rings is 1. The molecule has 0 spiro atoms. The summed E-state index contributed by atoms with van der Waals surface area (Å²) in [6.45, 7) is 5.23. The van der Waals surface area contributed by atoms with Crippen molar-refractivity contribution in [2.45, 2.75) is 32.7 Å². The highest BCUT2D eigenvalue weighted by molar-refractivity contribution is 6.06. The van der Waals surface area contributed by atoms with E-state index in [1.165, 1.54) is 6.26 Å². The van der Waals surface area contributed by atoms with E-state index in [9.17, 15) is 9.59 Å². The van der Waals surface area contributed by atoms with Crippen molar-refractivity contribution in [1.82, 2.24) is 15.2 Å². The Balaban J connectivity index is 1.50. The number of aromatic amines is 1. The SMILES string of the molecule is Cc1[nH]c2c(C(=O)NC3CCCN(C(=O)c4ccco4)C3)cccc2c1C. The summed E-state index contributed by atoms with van der Waals surface area (Å²) in [5.41, 5.74) is 3.73. The molecule has 3 heterocycles. The van der Waals surface area contributed by atoms with Crippen LogP contribution in [-0.4, -0.2) is 40.8 Å². The van der Waals surface area contributed by atoms with Gasteiger partial charge in [0.2, 0.25) is 0 Å². The van der Waals surface area contributed by atoms with Crippen molar-refractivity contribution in [2.24, 2.45) is 0 Å². The number of rotatable bonds is 3. The third-order valence-electron chi connectivity index (χ3n) is 5.36. The van der Waals surface area contributed by atoms with Crippen LogP contribution in [0.15, 0.2) is 41.0 Å². The summed E-state index contributed by atoms with van der Waals surface area (Å²) in [5, 5.41) is 4.17. The number of aromatic nitrogens is 1. The van der Waals surface area contributed by atoms with Crippen LogP contribution in [0.1, 0.15) is 45.0 Å². The lowest BCUT2D eigenvalue weighted by Gasteiger charge is -2.32. The number of hydrogen-bond donors (Lipinski definition) is 2. The second-order valence-electron chi connectivity index (χ2n) is 7.14. The summed E-state index contributed by atoms with van der Waals surface area (Å²) in [7, 11) is 0. The van der Waals surface area contributed by atoms with Crippen molar-refractivity contribution in [3.8, 4) is 0 Å². The first-order valence-electron chi connectivity index (χ1n) is 9.26. The Morgan fingerprint density at radius 2 is 2.07 bits per heavy atom. The van der Waals surface area contributed by atoms with Gasteiger partial charge in [-0.3, -0.25) is 9.59 Å². The average molecular weight is 365 g/mol. The summed E-state index contributed by atoms with van der Waals surface area (Å²) in [5.74, 6) is 0.0971. The van der Waals surface area contributed by atoms with Crippen molar-refractivity contribution in [2.75, 3.05) is 13.1 Å². The minimum absolute atomic E-state index is 0.0717. The van der Waals surface area contributed by atoms with Crippen LogP contribution in [0, 0.1) is 13.8 Å². The monoisotopic (exact) mass is 365 g/mol. The molecule has 1 atom stereocenters. The minimum Gasteiger partial charge on any atom is -0.459 e. The number of aryl methyl sites for hydroxylation is 2. The molecule has 2 amide bonds. The van der Waals surface area contributed by atoms with Crippen LogP contribution in [0.25, 0.3) is 10.9 Å². The van der Waals surface area contributed by atoms with Gasteiger partial charge >= 0.3 is 0 Å². The fourth-order valence-electron chi connectivity index (χ4n) is 3.77. The molecule has 1 aromatic carbocycles. The minimum atomic E-state index is -0.128. The van der Waals surface area contributed by atoms with Crippen molar-refractivity contribution < 1.29 is 14.0 Å². The molecule has 1 saturated heterocycles. The number of nitrogens with one attached hydrogen (secondary N) is 2. The Hall–Kier alpha value is -3.02.